The van der Waals surface area contributed by atoms with Crippen molar-refractivity contribution in [3.8, 4) is 0 Å². The molecule has 0 aromatic heterocycles. The first-order valence-corrected chi connectivity index (χ1v) is 7.00. The van der Waals surface area contributed by atoms with E-state index in [1.54, 1.807) is 12.1 Å². The summed E-state index contributed by atoms with van der Waals surface area (Å²) < 4.78 is 13.5. The van der Waals surface area contributed by atoms with Gasteiger partial charge in [0.1, 0.15) is 5.82 Å². The van der Waals surface area contributed by atoms with E-state index in [-0.39, 0.29) is 5.82 Å². The molecule has 1 aliphatic rings. The van der Waals surface area contributed by atoms with E-state index in [0.717, 1.165) is 11.4 Å². The molecule has 1 aromatic carbocycles. The highest BCUT2D eigenvalue weighted by atomic mass is 79.9. The van der Waals surface area contributed by atoms with Gasteiger partial charge in [0.15, 0.2) is 0 Å². The Balaban J connectivity index is 2.00. The summed E-state index contributed by atoms with van der Waals surface area (Å²) >= 11 is 5.17. The molecule has 0 spiro atoms. The average molecular weight is 290 g/mol. The third kappa shape index (κ3) is 3.11. The maximum Gasteiger partial charge on any atom is 0.137 e. The number of hydrogen-bond donors (Lipinski definition) is 1. The second kappa shape index (κ2) is 5.21. The van der Waals surface area contributed by atoms with Crippen LogP contribution in [-0.4, -0.2) is 17.5 Å². The zero-order valence-electron chi connectivity index (χ0n) is 8.30. The fraction of sp³-hybridized carbons (Fsp3) is 0.455. The number of rotatable bonds is 2. The van der Waals surface area contributed by atoms with E-state index >= 15 is 0 Å². The standard InChI is InChI=1S/C11H13BrFNS/c12-10-6-8(3-4-11(10)13)14-9-2-1-5-15-7-9/h3-4,6,9,14H,1-2,5,7H2/t9-/m0/s1. The molecule has 0 aliphatic carbocycles. The number of nitrogens with one attached hydrogen (secondary N) is 1. The van der Waals surface area contributed by atoms with Crippen LogP contribution in [0.5, 0.6) is 0 Å². The molecular weight excluding hydrogens is 277 g/mol. The summed E-state index contributed by atoms with van der Waals surface area (Å²) in [5.41, 5.74) is 0.996. The molecule has 1 aliphatic heterocycles. The first-order valence-electron chi connectivity index (χ1n) is 5.05. The van der Waals surface area contributed by atoms with Crippen LogP contribution < -0.4 is 5.32 Å². The number of benzene rings is 1. The normalized spacial score (nSPS) is 21.3. The van der Waals surface area contributed by atoms with Crippen LogP contribution in [0.1, 0.15) is 12.8 Å². The summed E-state index contributed by atoms with van der Waals surface area (Å²) in [6.07, 6.45) is 2.48. The van der Waals surface area contributed by atoms with Gasteiger partial charge < -0.3 is 5.32 Å². The van der Waals surface area contributed by atoms with Crippen molar-refractivity contribution in [3.05, 3.63) is 28.5 Å². The van der Waals surface area contributed by atoms with E-state index in [9.17, 15) is 4.39 Å². The molecule has 1 saturated heterocycles. The molecule has 0 amide bonds. The first kappa shape index (κ1) is 11.3. The molecule has 1 fully saturated rings. The third-order valence-corrected chi connectivity index (χ3v) is 4.27. The van der Waals surface area contributed by atoms with Crippen LogP contribution >= 0.6 is 27.7 Å². The number of thioether (sulfide) groups is 1. The lowest BCUT2D eigenvalue weighted by Gasteiger charge is -2.23. The Kier molecular flexibility index (Phi) is 3.92. The van der Waals surface area contributed by atoms with E-state index in [1.165, 1.54) is 24.7 Å². The minimum atomic E-state index is -0.210. The van der Waals surface area contributed by atoms with Crippen molar-refractivity contribution in [1.82, 2.24) is 0 Å². The van der Waals surface area contributed by atoms with Crippen LogP contribution in [0.3, 0.4) is 0 Å². The van der Waals surface area contributed by atoms with Crippen LogP contribution in [0.2, 0.25) is 0 Å². The van der Waals surface area contributed by atoms with Crippen LogP contribution in [0.15, 0.2) is 22.7 Å². The average Bonchev–Trinajstić information content (AvgIpc) is 2.25. The van der Waals surface area contributed by atoms with Crippen molar-refractivity contribution in [3.63, 3.8) is 0 Å². The van der Waals surface area contributed by atoms with E-state index in [2.05, 4.69) is 21.2 Å². The predicted molar refractivity (Wildman–Crippen MR) is 68.1 cm³/mol. The zero-order valence-corrected chi connectivity index (χ0v) is 10.7. The van der Waals surface area contributed by atoms with Crippen LogP contribution in [0.4, 0.5) is 10.1 Å². The maximum atomic E-state index is 13.0. The second-order valence-corrected chi connectivity index (χ2v) is 5.69. The molecule has 1 N–H and O–H groups in total. The van der Waals surface area contributed by atoms with Crippen molar-refractivity contribution < 1.29 is 4.39 Å². The largest absolute Gasteiger partial charge is 0.381 e. The Bertz CT molecular complexity index is 339. The molecule has 0 unspecified atom stereocenters. The Morgan fingerprint density at radius 1 is 1.47 bits per heavy atom. The molecule has 0 bridgehead atoms. The van der Waals surface area contributed by atoms with Gasteiger partial charge in [-0.2, -0.15) is 11.8 Å². The lowest BCUT2D eigenvalue weighted by Crippen LogP contribution is -2.25. The fourth-order valence-corrected chi connectivity index (χ4v) is 3.13. The summed E-state index contributed by atoms with van der Waals surface area (Å²) in [7, 11) is 0. The van der Waals surface area contributed by atoms with Crippen molar-refractivity contribution in [2.45, 2.75) is 18.9 Å². The van der Waals surface area contributed by atoms with E-state index < -0.39 is 0 Å². The van der Waals surface area contributed by atoms with Crippen LogP contribution in [-0.2, 0) is 0 Å². The van der Waals surface area contributed by atoms with Crippen LogP contribution in [0.25, 0.3) is 0 Å². The van der Waals surface area contributed by atoms with Gasteiger partial charge in [-0.1, -0.05) is 0 Å². The quantitative estimate of drug-likeness (QED) is 0.886. The Hall–Kier alpha value is -0.220. The van der Waals surface area contributed by atoms with Gasteiger partial charge in [-0.25, -0.2) is 4.39 Å². The summed E-state index contributed by atoms with van der Waals surface area (Å²) in [5, 5.41) is 3.43. The van der Waals surface area contributed by atoms with Crippen LogP contribution in [0, 0.1) is 5.82 Å². The summed E-state index contributed by atoms with van der Waals surface area (Å²) in [6, 6.07) is 5.61. The van der Waals surface area contributed by atoms with Gasteiger partial charge in [-0.05, 0) is 52.7 Å². The maximum absolute atomic E-state index is 13.0. The molecule has 0 saturated carbocycles. The van der Waals surface area contributed by atoms with E-state index in [1.807, 2.05) is 11.8 Å². The number of hydrogen-bond acceptors (Lipinski definition) is 2. The molecule has 15 heavy (non-hydrogen) atoms. The van der Waals surface area contributed by atoms with Gasteiger partial charge in [0.2, 0.25) is 0 Å². The Labute approximate surface area is 102 Å². The van der Waals surface area contributed by atoms with Crippen molar-refractivity contribution in [2.24, 2.45) is 0 Å². The van der Waals surface area contributed by atoms with Gasteiger partial charge >= 0.3 is 0 Å². The van der Waals surface area contributed by atoms with Gasteiger partial charge in [-0.15, -0.1) is 0 Å². The highest BCUT2D eigenvalue weighted by molar-refractivity contribution is 9.10. The fourth-order valence-electron chi connectivity index (χ4n) is 1.68. The molecule has 1 aromatic rings. The minimum Gasteiger partial charge on any atom is -0.381 e. The Morgan fingerprint density at radius 2 is 2.33 bits per heavy atom. The Morgan fingerprint density at radius 3 is 3.00 bits per heavy atom. The molecule has 1 heterocycles. The van der Waals surface area contributed by atoms with Gasteiger partial charge in [0.25, 0.3) is 0 Å². The molecule has 1 atom stereocenters. The summed E-state index contributed by atoms with van der Waals surface area (Å²) in [4.78, 5) is 0. The lowest BCUT2D eigenvalue weighted by molar-refractivity contribution is 0.620. The molecule has 4 heteroatoms. The highest BCUT2D eigenvalue weighted by Gasteiger charge is 2.13. The van der Waals surface area contributed by atoms with Gasteiger partial charge in [-0.3, -0.25) is 0 Å². The third-order valence-electron chi connectivity index (χ3n) is 2.45. The van der Waals surface area contributed by atoms with Gasteiger partial charge in [0, 0.05) is 17.5 Å². The summed E-state index contributed by atoms with van der Waals surface area (Å²) in [5.74, 6) is 2.21. The highest BCUT2D eigenvalue weighted by Crippen LogP contribution is 2.24. The summed E-state index contributed by atoms with van der Waals surface area (Å²) in [6.45, 7) is 0. The molecular formula is C11H13BrFNS. The van der Waals surface area contributed by atoms with Gasteiger partial charge in [0.05, 0.1) is 4.47 Å². The van der Waals surface area contributed by atoms with Crippen molar-refractivity contribution in [2.75, 3.05) is 16.8 Å². The lowest BCUT2D eigenvalue weighted by atomic mass is 10.1. The number of halogens is 2. The topological polar surface area (TPSA) is 12.0 Å². The molecule has 82 valence electrons. The van der Waals surface area contributed by atoms with Crippen molar-refractivity contribution >= 4 is 33.4 Å². The smallest absolute Gasteiger partial charge is 0.137 e. The zero-order chi connectivity index (χ0) is 10.7. The predicted octanol–water partition coefficient (Wildman–Crippen LogP) is 3.90. The SMILES string of the molecule is Fc1ccc(N[C@H]2CCCSC2)cc1Br. The minimum absolute atomic E-state index is 0.210. The molecule has 0 radical (unpaired) electrons. The number of anilines is 1. The monoisotopic (exact) mass is 289 g/mol. The molecule has 2 rings (SSSR count). The second-order valence-electron chi connectivity index (χ2n) is 3.69. The van der Waals surface area contributed by atoms with E-state index in [4.69, 9.17) is 0 Å². The molecule has 1 nitrogen and oxygen atoms in total. The first-order chi connectivity index (χ1) is 7.25. The van der Waals surface area contributed by atoms with Crippen molar-refractivity contribution in [1.29, 1.82) is 0 Å². The van der Waals surface area contributed by atoms with E-state index in [0.29, 0.717) is 10.5 Å².